The van der Waals surface area contributed by atoms with Crippen LogP contribution in [0.1, 0.15) is 27.7 Å². The van der Waals surface area contributed by atoms with Crippen LogP contribution in [0.4, 0.5) is 0 Å². The molecule has 0 radical (unpaired) electrons. The molecule has 0 saturated heterocycles. The van der Waals surface area contributed by atoms with Crippen LogP contribution < -0.4 is 5.32 Å². The first-order valence-corrected chi connectivity index (χ1v) is 6.53. The summed E-state index contributed by atoms with van der Waals surface area (Å²) in [6.45, 7) is 14.8. The molecule has 0 rings (SSSR count). The van der Waals surface area contributed by atoms with Gasteiger partial charge in [0.2, 0.25) is 0 Å². The lowest BCUT2D eigenvalue weighted by atomic mass is 10.2. The van der Waals surface area contributed by atoms with E-state index in [1.807, 2.05) is 0 Å². The average molecular weight is 229 g/mol. The van der Waals surface area contributed by atoms with Crippen LogP contribution in [0.25, 0.3) is 0 Å². The molecule has 0 amide bonds. The lowest BCUT2D eigenvalue weighted by Gasteiger charge is -2.28. The molecule has 0 spiro atoms. The van der Waals surface area contributed by atoms with Crippen LogP contribution in [-0.4, -0.2) is 62.7 Å². The van der Waals surface area contributed by atoms with Gasteiger partial charge in [0.15, 0.2) is 0 Å². The fourth-order valence-electron chi connectivity index (χ4n) is 1.68. The lowest BCUT2D eigenvalue weighted by Crippen LogP contribution is -2.40. The van der Waals surface area contributed by atoms with Gasteiger partial charge in [0.25, 0.3) is 0 Å². The van der Waals surface area contributed by atoms with Crippen LogP contribution >= 0.6 is 0 Å². The number of likely N-dealkylation sites (N-methyl/N-ethyl adjacent to an activating group) is 1. The first kappa shape index (κ1) is 15.9. The molecular formula is C13H31N3. The molecule has 3 heteroatoms. The van der Waals surface area contributed by atoms with Crippen LogP contribution in [-0.2, 0) is 0 Å². The van der Waals surface area contributed by atoms with E-state index in [-0.39, 0.29) is 0 Å². The van der Waals surface area contributed by atoms with Gasteiger partial charge in [-0.05, 0) is 33.9 Å². The van der Waals surface area contributed by atoms with Gasteiger partial charge in [-0.3, -0.25) is 4.90 Å². The highest BCUT2D eigenvalue weighted by Crippen LogP contribution is 2.02. The van der Waals surface area contributed by atoms with Gasteiger partial charge in [0.05, 0.1) is 0 Å². The molecule has 1 N–H and O–H groups in total. The van der Waals surface area contributed by atoms with Crippen molar-refractivity contribution < 1.29 is 0 Å². The molecule has 16 heavy (non-hydrogen) atoms. The Balaban J connectivity index is 3.60. The second-order valence-electron chi connectivity index (χ2n) is 5.54. The van der Waals surface area contributed by atoms with Crippen LogP contribution in [0, 0.1) is 5.92 Å². The molecule has 0 aromatic heterocycles. The van der Waals surface area contributed by atoms with Crippen LogP contribution in [0.3, 0.4) is 0 Å². The van der Waals surface area contributed by atoms with Crippen LogP contribution in [0.2, 0.25) is 0 Å². The van der Waals surface area contributed by atoms with Gasteiger partial charge in [-0.15, -0.1) is 0 Å². The summed E-state index contributed by atoms with van der Waals surface area (Å²) in [5.41, 5.74) is 0. The zero-order chi connectivity index (χ0) is 12.6. The Morgan fingerprint density at radius 1 is 0.938 bits per heavy atom. The number of hydrogen-bond donors (Lipinski definition) is 1. The molecule has 3 nitrogen and oxygen atoms in total. The molecular weight excluding hydrogens is 198 g/mol. The van der Waals surface area contributed by atoms with E-state index < -0.39 is 0 Å². The minimum atomic E-state index is 0.651. The summed E-state index contributed by atoms with van der Waals surface area (Å²) >= 11 is 0. The van der Waals surface area contributed by atoms with Gasteiger partial charge in [-0.25, -0.2) is 0 Å². The first-order chi connectivity index (χ1) is 7.43. The van der Waals surface area contributed by atoms with Gasteiger partial charge >= 0.3 is 0 Å². The van der Waals surface area contributed by atoms with Crippen molar-refractivity contribution >= 4 is 0 Å². The fraction of sp³-hybridized carbons (Fsp3) is 1.00. The van der Waals surface area contributed by atoms with E-state index in [2.05, 4.69) is 56.9 Å². The number of nitrogens with one attached hydrogen (secondary N) is 1. The van der Waals surface area contributed by atoms with Crippen LogP contribution in [0.5, 0.6) is 0 Å². The van der Waals surface area contributed by atoms with Crippen molar-refractivity contribution in [2.24, 2.45) is 5.92 Å². The minimum Gasteiger partial charge on any atom is -0.314 e. The normalized spacial score (nSPS) is 12.4. The molecule has 0 aliphatic heterocycles. The predicted molar refractivity (Wildman–Crippen MR) is 73.0 cm³/mol. The molecule has 0 fully saturated rings. The van der Waals surface area contributed by atoms with Gasteiger partial charge in [0.1, 0.15) is 0 Å². The summed E-state index contributed by atoms with van der Waals surface area (Å²) in [6.07, 6.45) is 0. The topological polar surface area (TPSA) is 18.5 Å². The Hall–Kier alpha value is -0.120. The quantitative estimate of drug-likeness (QED) is 0.605. The largest absolute Gasteiger partial charge is 0.314 e. The molecule has 0 heterocycles. The monoisotopic (exact) mass is 229 g/mol. The molecule has 0 bridgehead atoms. The second kappa shape index (κ2) is 8.97. The van der Waals surface area contributed by atoms with E-state index in [1.54, 1.807) is 0 Å². The molecule has 0 saturated carbocycles. The molecule has 0 atom stereocenters. The lowest BCUT2D eigenvalue weighted by molar-refractivity contribution is 0.198. The zero-order valence-electron chi connectivity index (χ0n) is 12.1. The Morgan fingerprint density at radius 3 is 1.94 bits per heavy atom. The summed E-state index contributed by atoms with van der Waals surface area (Å²) in [6, 6.07) is 0.651. The average Bonchev–Trinajstić information content (AvgIpc) is 2.14. The SMILES string of the molecule is CC(C)CN(CCNCCN(C)C)C(C)C. The van der Waals surface area contributed by atoms with E-state index in [0.717, 1.165) is 32.1 Å². The Labute approximate surface area is 102 Å². The Bertz CT molecular complexity index is 155. The van der Waals surface area contributed by atoms with Crippen molar-refractivity contribution in [1.82, 2.24) is 15.1 Å². The Morgan fingerprint density at radius 2 is 1.50 bits per heavy atom. The summed E-state index contributed by atoms with van der Waals surface area (Å²) in [4.78, 5) is 4.76. The maximum atomic E-state index is 3.49. The van der Waals surface area contributed by atoms with E-state index in [9.17, 15) is 0 Å². The highest BCUT2D eigenvalue weighted by molar-refractivity contribution is 4.66. The van der Waals surface area contributed by atoms with Crippen molar-refractivity contribution in [3.05, 3.63) is 0 Å². The highest BCUT2D eigenvalue weighted by atomic mass is 15.2. The summed E-state index contributed by atoms with van der Waals surface area (Å²) in [5.74, 6) is 0.754. The van der Waals surface area contributed by atoms with Gasteiger partial charge in [-0.1, -0.05) is 13.8 Å². The molecule has 0 aromatic carbocycles. The maximum absolute atomic E-state index is 3.49. The third-order valence-electron chi connectivity index (χ3n) is 2.64. The van der Waals surface area contributed by atoms with Crippen molar-refractivity contribution in [1.29, 1.82) is 0 Å². The molecule has 0 aliphatic carbocycles. The van der Waals surface area contributed by atoms with Gasteiger partial charge in [0, 0.05) is 38.8 Å². The van der Waals surface area contributed by atoms with Crippen molar-refractivity contribution in [3.63, 3.8) is 0 Å². The zero-order valence-corrected chi connectivity index (χ0v) is 12.1. The minimum absolute atomic E-state index is 0.651. The predicted octanol–water partition coefficient (Wildman–Crippen LogP) is 1.50. The number of rotatable bonds is 9. The molecule has 0 aliphatic rings. The van der Waals surface area contributed by atoms with Crippen molar-refractivity contribution in [3.8, 4) is 0 Å². The van der Waals surface area contributed by atoms with Crippen LogP contribution in [0.15, 0.2) is 0 Å². The maximum Gasteiger partial charge on any atom is 0.0110 e. The fourth-order valence-corrected chi connectivity index (χ4v) is 1.68. The van der Waals surface area contributed by atoms with Crippen molar-refractivity contribution in [2.75, 3.05) is 46.8 Å². The number of nitrogens with zero attached hydrogens (tertiary/aromatic N) is 2. The first-order valence-electron chi connectivity index (χ1n) is 6.53. The number of hydrogen-bond acceptors (Lipinski definition) is 3. The Kier molecular flexibility index (Phi) is 8.90. The highest BCUT2D eigenvalue weighted by Gasteiger charge is 2.10. The van der Waals surface area contributed by atoms with E-state index in [1.165, 1.54) is 6.54 Å². The molecule has 0 unspecified atom stereocenters. The summed E-state index contributed by atoms with van der Waals surface area (Å²) < 4.78 is 0. The molecule has 0 aromatic rings. The van der Waals surface area contributed by atoms with Gasteiger partial charge < -0.3 is 10.2 Å². The van der Waals surface area contributed by atoms with Gasteiger partial charge in [-0.2, -0.15) is 0 Å². The summed E-state index contributed by atoms with van der Waals surface area (Å²) in [7, 11) is 4.22. The third kappa shape index (κ3) is 9.13. The third-order valence-corrected chi connectivity index (χ3v) is 2.64. The smallest absolute Gasteiger partial charge is 0.0110 e. The second-order valence-corrected chi connectivity index (χ2v) is 5.54. The summed E-state index contributed by atoms with van der Waals surface area (Å²) in [5, 5.41) is 3.49. The van der Waals surface area contributed by atoms with E-state index >= 15 is 0 Å². The van der Waals surface area contributed by atoms with E-state index in [4.69, 9.17) is 0 Å². The van der Waals surface area contributed by atoms with Crippen molar-refractivity contribution in [2.45, 2.75) is 33.7 Å². The van der Waals surface area contributed by atoms with E-state index in [0.29, 0.717) is 6.04 Å². The standard InChI is InChI=1S/C13H31N3/c1-12(2)11-16(13(3)4)10-8-14-7-9-15(5)6/h12-14H,7-11H2,1-6H3. The molecule has 98 valence electrons.